The molecule has 30 heavy (non-hydrogen) atoms. The fourth-order valence-corrected chi connectivity index (χ4v) is 4.01. The molecule has 0 unspecified atom stereocenters. The van der Waals surface area contributed by atoms with Gasteiger partial charge in [-0.2, -0.15) is 10.1 Å². The highest BCUT2D eigenvalue weighted by Crippen LogP contribution is 2.27. The van der Waals surface area contributed by atoms with Crippen LogP contribution in [0, 0.1) is 6.92 Å². The number of anilines is 1. The van der Waals surface area contributed by atoms with Gasteiger partial charge < -0.3 is 14.4 Å². The Labute approximate surface area is 181 Å². The fourth-order valence-electron chi connectivity index (χ4n) is 3.32. The first kappa shape index (κ1) is 20.5. The Morgan fingerprint density at radius 1 is 1.13 bits per heavy atom. The first-order valence-electron chi connectivity index (χ1n) is 10.2. The number of benzene rings is 1. The smallest absolute Gasteiger partial charge is 0.217 e. The highest BCUT2D eigenvalue weighted by molar-refractivity contribution is 7.09. The maximum atomic E-state index is 5.97. The maximum Gasteiger partial charge on any atom is 0.217 e. The molecule has 0 amide bonds. The summed E-state index contributed by atoms with van der Waals surface area (Å²) >= 11 is 1.74. The Bertz CT molecular complexity index is 969. The van der Waals surface area contributed by atoms with E-state index in [1.807, 2.05) is 18.2 Å². The molecular weight excluding hydrogens is 396 g/mol. The third-order valence-electron chi connectivity index (χ3n) is 4.84. The van der Waals surface area contributed by atoms with Crippen molar-refractivity contribution in [3.05, 3.63) is 69.9 Å². The third kappa shape index (κ3) is 5.87. The number of pyridine rings is 1. The van der Waals surface area contributed by atoms with Crippen molar-refractivity contribution in [1.82, 2.24) is 4.98 Å². The van der Waals surface area contributed by atoms with Crippen molar-refractivity contribution in [1.29, 1.82) is 0 Å². The van der Waals surface area contributed by atoms with Crippen molar-refractivity contribution in [2.24, 2.45) is 10.2 Å². The van der Waals surface area contributed by atoms with Crippen molar-refractivity contribution in [2.75, 3.05) is 37.8 Å². The molecule has 0 spiro atoms. The molecule has 0 bridgehead atoms. The molecule has 1 aliphatic rings. The zero-order valence-electron chi connectivity index (χ0n) is 17.2. The van der Waals surface area contributed by atoms with Gasteiger partial charge in [0.05, 0.1) is 26.4 Å². The fraction of sp³-hybridized carbons (Fsp3) is 0.348. The largest absolute Gasteiger partial charge is 0.477 e. The van der Waals surface area contributed by atoms with Crippen molar-refractivity contribution in [3.63, 3.8) is 0 Å². The maximum absolute atomic E-state index is 5.97. The Morgan fingerprint density at radius 3 is 2.83 bits per heavy atom. The number of hydrogen-bond donors (Lipinski definition) is 0. The number of ether oxygens (including phenoxy) is 2. The van der Waals surface area contributed by atoms with Crippen molar-refractivity contribution >= 4 is 22.8 Å². The SMILES string of the molecule is Cc1cccc(CN=Nc2cc(N3CCOCC3)cc(OCCc3cccs3)n2)c1. The molecule has 3 aromatic rings. The van der Waals surface area contributed by atoms with Crippen molar-refractivity contribution in [3.8, 4) is 5.88 Å². The van der Waals surface area contributed by atoms with Crippen molar-refractivity contribution in [2.45, 2.75) is 19.9 Å². The molecule has 1 aliphatic heterocycles. The van der Waals surface area contributed by atoms with Gasteiger partial charge in [0, 0.05) is 42.2 Å². The van der Waals surface area contributed by atoms with E-state index in [1.165, 1.54) is 10.4 Å². The van der Waals surface area contributed by atoms with Gasteiger partial charge in [-0.05, 0) is 23.9 Å². The zero-order chi connectivity index (χ0) is 20.6. The van der Waals surface area contributed by atoms with E-state index in [1.54, 1.807) is 11.3 Å². The Morgan fingerprint density at radius 2 is 2.03 bits per heavy atom. The minimum atomic E-state index is 0.527. The molecule has 3 heterocycles. The second-order valence-corrected chi connectivity index (χ2v) is 8.22. The molecular formula is C23H26N4O2S. The number of aromatic nitrogens is 1. The lowest BCUT2D eigenvalue weighted by atomic mass is 10.1. The molecule has 4 rings (SSSR count). The van der Waals surface area contributed by atoms with Gasteiger partial charge in [-0.15, -0.1) is 16.5 Å². The molecule has 0 atom stereocenters. The van der Waals surface area contributed by atoms with E-state index in [0.717, 1.165) is 44.0 Å². The highest BCUT2D eigenvalue weighted by atomic mass is 32.1. The molecule has 0 aliphatic carbocycles. The minimum Gasteiger partial charge on any atom is -0.477 e. The van der Waals surface area contributed by atoms with Crippen LogP contribution in [-0.2, 0) is 17.7 Å². The highest BCUT2D eigenvalue weighted by Gasteiger charge is 2.14. The average molecular weight is 423 g/mol. The molecule has 1 fully saturated rings. The third-order valence-corrected chi connectivity index (χ3v) is 5.77. The summed E-state index contributed by atoms with van der Waals surface area (Å²) < 4.78 is 11.4. The molecule has 156 valence electrons. The van der Waals surface area contributed by atoms with Crippen LogP contribution in [0.15, 0.2) is 64.1 Å². The lowest BCUT2D eigenvalue weighted by molar-refractivity contribution is 0.122. The number of thiophene rings is 1. The number of azo groups is 1. The van der Waals surface area contributed by atoms with Crippen LogP contribution in [0.5, 0.6) is 5.88 Å². The summed E-state index contributed by atoms with van der Waals surface area (Å²) in [6, 6.07) is 16.4. The Balaban J connectivity index is 1.47. The normalized spacial score (nSPS) is 14.4. The predicted molar refractivity (Wildman–Crippen MR) is 120 cm³/mol. The van der Waals surface area contributed by atoms with Gasteiger partial charge >= 0.3 is 0 Å². The summed E-state index contributed by atoms with van der Waals surface area (Å²) in [5.74, 6) is 1.15. The number of nitrogens with zero attached hydrogens (tertiary/aromatic N) is 4. The van der Waals surface area contributed by atoms with Crippen LogP contribution in [0.3, 0.4) is 0 Å². The zero-order valence-corrected chi connectivity index (χ0v) is 18.0. The summed E-state index contributed by atoms with van der Waals surface area (Å²) in [5, 5.41) is 10.8. The first-order valence-corrected chi connectivity index (χ1v) is 11.1. The van der Waals surface area contributed by atoms with Crippen molar-refractivity contribution < 1.29 is 9.47 Å². The topological polar surface area (TPSA) is 59.3 Å². The molecule has 2 aromatic heterocycles. The van der Waals surface area contributed by atoms with Crippen LogP contribution in [0.1, 0.15) is 16.0 Å². The van der Waals surface area contributed by atoms with Gasteiger partial charge in [-0.3, -0.25) is 0 Å². The van der Waals surface area contributed by atoms with Gasteiger partial charge in [0.25, 0.3) is 0 Å². The monoisotopic (exact) mass is 422 g/mol. The van der Waals surface area contributed by atoms with Gasteiger partial charge in [0.1, 0.15) is 0 Å². The summed E-state index contributed by atoms with van der Waals surface area (Å²) in [6.45, 7) is 6.33. The summed E-state index contributed by atoms with van der Waals surface area (Å²) in [5.41, 5.74) is 3.40. The molecule has 7 heteroatoms. The number of hydrogen-bond acceptors (Lipinski definition) is 7. The van der Waals surface area contributed by atoms with E-state index in [-0.39, 0.29) is 0 Å². The van der Waals surface area contributed by atoms with Gasteiger partial charge in [-0.1, -0.05) is 35.9 Å². The molecule has 1 saturated heterocycles. The van der Waals surface area contributed by atoms with Crippen LogP contribution < -0.4 is 9.64 Å². The Kier molecular flexibility index (Phi) is 7.05. The Hall–Kier alpha value is -2.77. The standard InChI is InChI=1S/C23H26N4O2S/c1-18-4-2-5-19(14-18)17-24-26-22-15-20(27-8-11-28-12-9-27)16-23(25-22)29-10-7-21-6-3-13-30-21/h2-6,13-16H,7-12,17H2,1H3. The quantitative estimate of drug-likeness (QED) is 0.469. The second-order valence-electron chi connectivity index (χ2n) is 7.19. The summed E-state index contributed by atoms with van der Waals surface area (Å²) in [4.78, 5) is 8.14. The van der Waals surface area contributed by atoms with E-state index in [9.17, 15) is 0 Å². The van der Waals surface area contributed by atoms with Gasteiger partial charge in [0.2, 0.25) is 5.88 Å². The van der Waals surface area contributed by atoms with E-state index in [2.05, 4.69) is 62.7 Å². The second kappa shape index (κ2) is 10.3. The first-order chi connectivity index (χ1) is 14.8. The molecule has 0 radical (unpaired) electrons. The number of morpholine rings is 1. The van der Waals surface area contributed by atoms with E-state index < -0.39 is 0 Å². The van der Waals surface area contributed by atoms with Crippen LogP contribution in [0.25, 0.3) is 0 Å². The molecule has 0 saturated carbocycles. The lowest BCUT2D eigenvalue weighted by Crippen LogP contribution is -2.36. The van der Waals surface area contributed by atoms with Gasteiger partial charge in [0.15, 0.2) is 5.82 Å². The molecule has 6 nitrogen and oxygen atoms in total. The predicted octanol–water partition coefficient (Wildman–Crippen LogP) is 5.19. The van der Waals surface area contributed by atoms with Crippen LogP contribution in [-0.4, -0.2) is 37.9 Å². The summed E-state index contributed by atoms with van der Waals surface area (Å²) in [7, 11) is 0. The number of aryl methyl sites for hydroxylation is 1. The number of rotatable bonds is 8. The van der Waals surface area contributed by atoms with E-state index >= 15 is 0 Å². The summed E-state index contributed by atoms with van der Waals surface area (Å²) in [6.07, 6.45) is 0.866. The van der Waals surface area contributed by atoms with Crippen LogP contribution in [0.4, 0.5) is 11.5 Å². The molecule has 0 N–H and O–H groups in total. The van der Waals surface area contributed by atoms with Gasteiger partial charge in [-0.25, -0.2) is 0 Å². The van der Waals surface area contributed by atoms with E-state index in [4.69, 9.17) is 9.47 Å². The van der Waals surface area contributed by atoms with Crippen LogP contribution >= 0.6 is 11.3 Å². The van der Waals surface area contributed by atoms with E-state index in [0.29, 0.717) is 24.8 Å². The average Bonchev–Trinajstić information content (AvgIpc) is 3.28. The minimum absolute atomic E-state index is 0.527. The lowest BCUT2D eigenvalue weighted by Gasteiger charge is -2.29. The molecule has 1 aromatic carbocycles. The van der Waals surface area contributed by atoms with Crippen LogP contribution in [0.2, 0.25) is 0 Å².